The fraction of sp³-hybridized carbons (Fsp3) is 0.400. The van der Waals surface area contributed by atoms with E-state index in [4.69, 9.17) is 20.3 Å². The van der Waals surface area contributed by atoms with Gasteiger partial charge in [-0.3, -0.25) is 19.3 Å². The minimum atomic E-state index is -1.08. The smallest absolute Gasteiger partial charge is 0.303 e. The number of amides is 2. The molecule has 2 aliphatic heterocycles. The molecule has 0 radical (unpaired) electrons. The molecular formula is C25H28FN3O6. The molecule has 0 bridgehead atoms. The van der Waals surface area contributed by atoms with Crippen LogP contribution in [0.4, 0.5) is 4.39 Å². The minimum Gasteiger partial charge on any atom is -0.488 e. The number of primary amides is 1. The molecule has 3 N–H and O–H groups in total. The van der Waals surface area contributed by atoms with Crippen molar-refractivity contribution < 1.29 is 33.4 Å². The fourth-order valence-corrected chi connectivity index (χ4v) is 4.40. The maximum absolute atomic E-state index is 14.8. The van der Waals surface area contributed by atoms with E-state index in [2.05, 4.69) is 4.90 Å². The summed E-state index contributed by atoms with van der Waals surface area (Å²) in [6, 6.07) is 8.97. The maximum atomic E-state index is 14.8. The molecule has 9 nitrogen and oxygen atoms in total. The zero-order chi connectivity index (χ0) is 24.9. The van der Waals surface area contributed by atoms with Gasteiger partial charge in [0.05, 0.1) is 19.8 Å². The van der Waals surface area contributed by atoms with Gasteiger partial charge in [-0.25, -0.2) is 4.39 Å². The summed E-state index contributed by atoms with van der Waals surface area (Å²) in [4.78, 5) is 39.3. The molecule has 2 heterocycles. The van der Waals surface area contributed by atoms with Crippen molar-refractivity contribution in [1.82, 2.24) is 9.80 Å². The quantitative estimate of drug-likeness (QED) is 0.527. The molecule has 0 saturated carbocycles. The van der Waals surface area contributed by atoms with Crippen LogP contribution in [0.3, 0.4) is 0 Å². The largest absolute Gasteiger partial charge is 0.488 e. The number of carboxylic acid groups (broad SMARTS) is 1. The average molecular weight is 486 g/mol. The summed E-state index contributed by atoms with van der Waals surface area (Å²) in [7, 11) is 0. The van der Waals surface area contributed by atoms with Crippen LogP contribution in [0.1, 0.15) is 39.9 Å². The number of fused-ring (bicyclic) bond motifs is 1. The van der Waals surface area contributed by atoms with Crippen LogP contribution in [0, 0.1) is 5.82 Å². The highest BCUT2D eigenvalue weighted by atomic mass is 19.1. The Kier molecular flexibility index (Phi) is 7.62. The van der Waals surface area contributed by atoms with E-state index in [-0.39, 0.29) is 31.8 Å². The van der Waals surface area contributed by atoms with E-state index in [0.29, 0.717) is 42.2 Å². The number of carboxylic acids is 1. The molecule has 35 heavy (non-hydrogen) atoms. The van der Waals surface area contributed by atoms with Crippen LogP contribution in [0.15, 0.2) is 36.4 Å². The van der Waals surface area contributed by atoms with Crippen molar-refractivity contribution in [2.24, 2.45) is 5.73 Å². The van der Waals surface area contributed by atoms with Gasteiger partial charge in [0.15, 0.2) is 0 Å². The number of halogens is 1. The van der Waals surface area contributed by atoms with Crippen molar-refractivity contribution in [2.75, 3.05) is 26.3 Å². The van der Waals surface area contributed by atoms with E-state index in [1.54, 1.807) is 24.3 Å². The lowest BCUT2D eigenvalue weighted by molar-refractivity contribution is -0.137. The Morgan fingerprint density at radius 2 is 1.97 bits per heavy atom. The van der Waals surface area contributed by atoms with Gasteiger partial charge in [-0.1, -0.05) is 18.2 Å². The van der Waals surface area contributed by atoms with Crippen LogP contribution in [0.5, 0.6) is 5.75 Å². The molecule has 0 aromatic heterocycles. The second kappa shape index (κ2) is 10.8. The Balaban J connectivity index is 1.44. The molecule has 0 aliphatic carbocycles. The molecule has 2 aliphatic rings. The molecule has 0 spiro atoms. The number of morpholine rings is 1. The number of ether oxygens (including phenoxy) is 2. The van der Waals surface area contributed by atoms with E-state index in [0.717, 1.165) is 18.7 Å². The predicted octanol–water partition coefficient (Wildman–Crippen LogP) is 1.91. The number of hydrogen-bond donors (Lipinski definition) is 2. The fourth-order valence-electron chi connectivity index (χ4n) is 4.40. The molecule has 4 rings (SSSR count). The highest BCUT2D eigenvalue weighted by Crippen LogP contribution is 2.33. The van der Waals surface area contributed by atoms with Gasteiger partial charge in [-0.2, -0.15) is 0 Å². The van der Waals surface area contributed by atoms with Crippen LogP contribution in [0.2, 0.25) is 0 Å². The second-order valence-corrected chi connectivity index (χ2v) is 8.67. The van der Waals surface area contributed by atoms with Crippen molar-refractivity contribution in [3.05, 3.63) is 64.5 Å². The summed E-state index contributed by atoms with van der Waals surface area (Å²) in [5, 5.41) is 8.96. The third-order valence-corrected chi connectivity index (χ3v) is 6.30. The number of hydrogen-bond acceptors (Lipinski definition) is 6. The highest BCUT2D eigenvalue weighted by molar-refractivity contribution is 6.01. The van der Waals surface area contributed by atoms with Gasteiger partial charge in [-0.15, -0.1) is 0 Å². The summed E-state index contributed by atoms with van der Waals surface area (Å²) in [5.74, 6) is -2.24. The van der Waals surface area contributed by atoms with Crippen LogP contribution in [-0.4, -0.2) is 65.0 Å². The summed E-state index contributed by atoms with van der Waals surface area (Å²) in [6.07, 6.45) is -0.375. The van der Waals surface area contributed by atoms with Crippen molar-refractivity contribution in [3.63, 3.8) is 0 Å². The van der Waals surface area contributed by atoms with Crippen molar-refractivity contribution >= 4 is 17.8 Å². The lowest BCUT2D eigenvalue weighted by Crippen LogP contribution is -2.45. The number of carbonyl (C=O) groups is 3. The van der Waals surface area contributed by atoms with E-state index in [1.807, 2.05) is 6.07 Å². The molecule has 1 unspecified atom stereocenters. The number of aliphatic carboxylic acids is 1. The molecule has 2 aromatic carbocycles. The number of benzene rings is 2. The Bertz CT molecular complexity index is 1120. The lowest BCUT2D eigenvalue weighted by Gasteiger charge is -2.26. The Labute approximate surface area is 202 Å². The van der Waals surface area contributed by atoms with Gasteiger partial charge in [0.25, 0.3) is 5.91 Å². The summed E-state index contributed by atoms with van der Waals surface area (Å²) < 4.78 is 26.0. The van der Waals surface area contributed by atoms with Crippen molar-refractivity contribution in [1.29, 1.82) is 0 Å². The van der Waals surface area contributed by atoms with Crippen LogP contribution in [0.25, 0.3) is 0 Å². The van der Waals surface area contributed by atoms with Gasteiger partial charge < -0.3 is 25.2 Å². The van der Waals surface area contributed by atoms with E-state index >= 15 is 0 Å². The van der Waals surface area contributed by atoms with Gasteiger partial charge in [0.2, 0.25) is 5.91 Å². The van der Waals surface area contributed by atoms with E-state index < -0.39 is 23.8 Å². The first-order valence-corrected chi connectivity index (χ1v) is 11.5. The summed E-state index contributed by atoms with van der Waals surface area (Å²) in [5.41, 5.74) is 7.61. The van der Waals surface area contributed by atoms with Gasteiger partial charge >= 0.3 is 5.97 Å². The standard InChI is InChI=1S/C25H28FN3O6/c26-20-12-16(13-28-8-10-34-11-9-28)4-5-17(20)15-35-22-3-1-2-18-19(22)14-29(25(18)33)21(24(27)32)6-7-23(30)31/h1-5,12,21H,6-11,13-15H2,(H2,27,32)(H,30,31). The summed E-state index contributed by atoms with van der Waals surface area (Å²) >= 11 is 0. The topological polar surface area (TPSA) is 122 Å². The van der Waals surface area contributed by atoms with Crippen molar-refractivity contribution in [2.45, 2.75) is 38.6 Å². The Morgan fingerprint density at radius 1 is 1.20 bits per heavy atom. The molecule has 1 atom stereocenters. The first-order chi connectivity index (χ1) is 16.8. The molecule has 2 aromatic rings. The Hall–Kier alpha value is -3.50. The zero-order valence-corrected chi connectivity index (χ0v) is 19.2. The first kappa shape index (κ1) is 24.6. The van der Waals surface area contributed by atoms with Crippen molar-refractivity contribution in [3.8, 4) is 5.75 Å². The average Bonchev–Trinajstić information content (AvgIpc) is 3.16. The van der Waals surface area contributed by atoms with E-state index in [9.17, 15) is 18.8 Å². The van der Waals surface area contributed by atoms with Gasteiger partial charge in [0.1, 0.15) is 24.2 Å². The van der Waals surface area contributed by atoms with Gasteiger partial charge in [-0.05, 0) is 30.2 Å². The monoisotopic (exact) mass is 485 g/mol. The minimum absolute atomic E-state index is 0.0351. The zero-order valence-electron chi connectivity index (χ0n) is 19.2. The SMILES string of the molecule is NC(=O)C(CCC(=O)O)N1Cc2c(OCc3ccc(CN4CCOCC4)cc3F)cccc2C1=O. The van der Waals surface area contributed by atoms with Crippen LogP contribution >= 0.6 is 0 Å². The maximum Gasteiger partial charge on any atom is 0.303 e. The third-order valence-electron chi connectivity index (χ3n) is 6.30. The van der Waals surface area contributed by atoms with Gasteiger partial charge in [0, 0.05) is 42.7 Å². The highest BCUT2D eigenvalue weighted by Gasteiger charge is 2.37. The molecular weight excluding hydrogens is 457 g/mol. The first-order valence-electron chi connectivity index (χ1n) is 11.5. The van der Waals surface area contributed by atoms with Crippen LogP contribution < -0.4 is 10.5 Å². The molecule has 186 valence electrons. The predicted molar refractivity (Wildman–Crippen MR) is 123 cm³/mol. The molecule has 1 fully saturated rings. The summed E-state index contributed by atoms with van der Waals surface area (Å²) in [6.45, 7) is 3.65. The second-order valence-electron chi connectivity index (χ2n) is 8.67. The van der Waals surface area contributed by atoms with Crippen LogP contribution in [-0.2, 0) is 34.0 Å². The number of carbonyl (C=O) groups excluding carboxylic acids is 2. The lowest BCUT2D eigenvalue weighted by atomic mass is 10.1. The Morgan fingerprint density at radius 3 is 2.66 bits per heavy atom. The number of nitrogens with two attached hydrogens (primary N) is 1. The molecule has 1 saturated heterocycles. The van der Waals surface area contributed by atoms with E-state index in [1.165, 1.54) is 11.0 Å². The third kappa shape index (κ3) is 5.77. The number of rotatable bonds is 10. The molecule has 10 heteroatoms. The number of nitrogens with zero attached hydrogens (tertiary/aromatic N) is 2. The molecule has 2 amide bonds. The normalized spacial score (nSPS) is 16.7.